The molecule has 16 heteroatoms. The molecule has 0 radical (unpaired) electrons. The van der Waals surface area contributed by atoms with E-state index in [0.717, 1.165) is 6.07 Å². The molecule has 0 spiro atoms. The summed E-state index contributed by atoms with van der Waals surface area (Å²) in [5, 5.41) is 20.9. The van der Waals surface area contributed by atoms with Gasteiger partial charge in [-0.05, 0) is 19.1 Å². The van der Waals surface area contributed by atoms with Crippen LogP contribution in [0.15, 0.2) is 18.2 Å². The molecule has 0 unspecified atom stereocenters. The summed E-state index contributed by atoms with van der Waals surface area (Å²) in [6.45, 7) is 0.715. The number of pyridine rings is 1. The molecule has 0 N–H and O–H groups in total. The molecule has 2 aliphatic rings. The van der Waals surface area contributed by atoms with Crippen LogP contribution in [0.1, 0.15) is 34.1 Å². The van der Waals surface area contributed by atoms with E-state index in [1.54, 1.807) is 6.07 Å². The Hall–Kier alpha value is -4.81. The van der Waals surface area contributed by atoms with Crippen LogP contribution in [0.3, 0.4) is 0 Å². The lowest BCUT2D eigenvalue weighted by Crippen LogP contribution is -2.49. The summed E-state index contributed by atoms with van der Waals surface area (Å²) in [5.41, 5.74) is -2.86. The normalized spacial score (nSPS) is 14.5. The number of nitriles is 1. The van der Waals surface area contributed by atoms with Crippen LogP contribution in [0.5, 0.6) is 11.5 Å². The Bertz CT molecular complexity index is 1350. The average molecular weight is 551 g/mol. The fraction of sp³-hybridized carbons (Fsp3) is 0.391. The van der Waals surface area contributed by atoms with Crippen LogP contribution < -0.4 is 14.4 Å². The maximum Gasteiger partial charge on any atom is 0.434 e. The number of fused-ring (bicyclic) bond motifs is 1. The number of piperazine rings is 1. The van der Waals surface area contributed by atoms with Gasteiger partial charge in [0.1, 0.15) is 18.5 Å². The summed E-state index contributed by atoms with van der Waals surface area (Å²) in [6, 6.07) is 5.07. The van der Waals surface area contributed by atoms with E-state index in [-0.39, 0.29) is 73.7 Å². The first kappa shape index (κ1) is 27.2. The van der Waals surface area contributed by atoms with Gasteiger partial charge in [0.2, 0.25) is 6.79 Å². The number of amides is 1. The number of halogens is 3. The van der Waals surface area contributed by atoms with E-state index in [2.05, 4.69) is 9.72 Å². The number of anilines is 1. The summed E-state index contributed by atoms with van der Waals surface area (Å²) < 4.78 is 61.3. The number of carbonyl (C=O) groups is 2. The molecule has 2 aromatic rings. The predicted molar refractivity (Wildman–Crippen MR) is 123 cm³/mol. The topological polar surface area (TPSA) is 157 Å². The minimum Gasteiger partial charge on any atom is -0.462 e. The zero-order chi connectivity index (χ0) is 28.3. The fourth-order valence-corrected chi connectivity index (χ4v) is 4.00. The van der Waals surface area contributed by atoms with Crippen molar-refractivity contribution >= 4 is 23.6 Å². The van der Waals surface area contributed by atoms with Gasteiger partial charge in [0.15, 0.2) is 17.2 Å². The molecule has 0 saturated carbocycles. The lowest BCUT2D eigenvalue weighted by molar-refractivity contribution is -0.385. The minimum absolute atomic E-state index is 0.00297. The van der Waals surface area contributed by atoms with Gasteiger partial charge in [0.05, 0.1) is 34.3 Å². The number of aromatic nitrogens is 1. The number of nitro groups is 1. The molecule has 1 saturated heterocycles. The largest absolute Gasteiger partial charge is 0.462 e. The SMILES string of the molecule is CCOC(=O)c1cc(C#N)c(N2CCN(C(=O)OCc3cc4c(cc3[N+](=O)[O-])OCO4)CC2)nc1C(F)(F)F. The third-order valence-electron chi connectivity index (χ3n) is 5.85. The van der Waals surface area contributed by atoms with E-state index in [1.165, 1.54) is 28.9 Å². The highest BCUT2D eigenvalue weighted by atomic mass is 19.4. The molecule has 3 heterocycles. The molecule has 1 aromatic carbocycles. The summed E-state index contributed by atoms with van der Waals surface area (Å²) in [5.74, 6) is -1.08. The van der Waals surface area contributed by atoms with Crippen molar-refractivity contribution in [1.29, 1.82) is 5.26 Å². The maximum absolute atomic E-state index is 13.7. The van der Waals surface area contributed by atoms with Gasteiger partial charge >= 0.3 is 18.2 Å². The zero-order valence-electron chi connectivity index (χ0n) is 20.3. The maximum atomic E-state index is 13.7. The van der Waals surface area contributed by atoms with Crippen molar-refractivity contribution in [3.8, 4) is 17.6 Å². The second-order valence-corrected chi connectivity index (χ2v) is 8.21. The predicted octanol–water partition coefficient (Wildman–Crippen LogP) is 3.24. The molecule has 2 aliphatic heterocycles. The van der Waals surface area contributed by atoms with Crippen LogP contribution >= 0.6 is 0 Å². The van der Waals surface area contributed by atoms with Gasteiger partial charge < -0.3 is 28.7 Å². The molecule has 0 atom stereocenters. The standard InChI is InChI=1S/C23H20F3N5O8/c1-2-36-21(32)15-7-13(10-27)20(28-19(15)23(24,25)26)29-3-5-30(6-4-29)22(33)37-11-14-8-17-18(39-12-38-17)9-16(14)31(34)35/h7-9H,2-6,11-12H2,1H3. The minimum atomic E-state index is -4.99. The third-order valence-corrected chi connectivity index (χ3v) is 5.85. The summed E-state index contributed by atoms with van der Waals surface area (Å²) in [7, 11) is 0. The van der Waals surface area contributed by atoms with Crippen molar-refractivity contribution in [1.82, 2.24) is 9.88 Å². The first-order chi connectivity index (χ1) is 18.5. The smallest absolute Gasteiger partial charge is 0.434 e. The molecule has 13 nitrogen and oxygen atoms in total. The van der Waals surface area contributed by atoms with Crippen LogP contribution in [-0.4, -0.2) is 66.4 Å². The summed E-state index contributed by atoms with van der Waals surface area (Å²) in [4.78, 5) is 41.7. The Morgan fingerprint density at radius 2 is 1.82 bits per heavy atom. The number of ether oxygens (including phenoxy) is 4. The second kappa shape index (κ2) is 10.9. The van der Waals surface area contributed by atoms with Crippen molar-refractivity contribution < 1.29 is 46.6 Å². The Labute approximate surface area is 218 Å². The highest BCUT2D eigenvalue weighted by molar-refractivity contribution is 5.92. The second-order valence-electron chi connectivity index (χ2n) is 8.21. The van der Waals surface area contributed by atoms with E-state index in [1.807, 2.05) is 0 Å². The Kier molecular flexibility index (Phi) is 7.61. The summed E-state index contributed by atoms with van der Waals surface area (Å²) >= 11 is 0. The number of nitro benzene ring substituents is 1. The van der Waals surface area contributed by atoms with Crippen molar-refractivity contribution in [2.24, 2.45) is 0 Å². The van der Waals surface area contributed by atoms with E-state index < -0.39 is 41.0 Å². The number of esters is 1. The number of benzene rings is 1. The highest BCUT2D eigenvalue weighted by Crippen LogP contribution is 2.38. The fourth-order valence-electron chi connectivity index (χ4n) is 4.00. The number of hydrogen-bond acceptors (Lipinski definition) is 11. The van der Waals surface area contributed by atoms with Gasteiger partial charge in [0.25, 0.3) is 5.69 Å². The van der Waals surface area contributed by atoms with Gasteiger partial charge in [-0.25, -0.2) is 14.6 Å². The number of hydrogen-bond donors (Lipinski definition) is 0. The first-order valence-corrected chi connectivity index (χ1v) is 11.5. The molecule has 0 bridgehead atoms. The number of nitrogens with zero attached hydrogens (tertiary/aromatic N) is 5. The monoisotopic (exact) mass is 551 g/mol. The summed E-state index contributed by atoms with van der Waals surface area (Å²) in [6.07, 6.45) is -5.79. The van der Waals surface area contributed by atoms with Crippen molar-refractivity contribution in [2.45, 2.75) is 19.7 Å². The van der Waals surface area contributed by atoms with Gasteiger partial charge in [-0.3, -0.25) is 10.1 Å². The Morgan fingerprint density at radius 3 is 2.41 bits per heavy atom. The molecular weight excluding hydrogens is 531 g/mol. The number of alkyl halides is 3. The molecule has 206 valence electrons. The Morgan fingerprint density at radius 1 is 1.15 bits per heavy atom. The van der Waals surface area contributed by atoms with E-state index in [4.69, 9.17) is 14.2 Å². The van der Waals surface area contributed by atoms with E-state index in [0.29, 0.717) is 0 Å². The molecule has 1 amide bonds. The number of rotatable bonds is 6. The van der Waals surface area contributed by atoms with Crippen LogP contribution in [0, 0.1) is 21.4 Å². The lowest BCUT2D eigenvalue weighted by atomic mass is 10.1. The van der Waals surface area contributed by atoms with Gasteiger partial charge in [-0.1, -0.05) is 0 Å². The van der Waals surface area contributed by atoms with Crippen LogP contribution in [0.4, 0.5) is 29.5 Å². The molecule has 1 fully saturated rings. The van der Waals surface area contributed by atoms with Crippen molar-refractivity contribution in [2.75, 3.05) is 44.5 Å². The van der Waals surface area contributed by atoms with E-state index >= 15 is 0 Å². The third kappa shape index (κ3) is 5.71. The van der Waals surface area contributed by atoms with Crippen molar-refractivity contribution in [3.05, 3.63) is 50.7 Å². The first-order valence-electron chi connectivity index (χ1n) is 11.5. The molecule has 1 aromatic heterocycles. The van der Waals surface area contributed by atoms with Crippen LogP contribution in [0.25, 0.3) is 0 Å². The molecular formula is C23H20F3N5O8. The molecule has 0 aliphatic carbocycles. The lowest BCUT2D eigenvalue weighted by Gasteiger charge is -2.35. The van der Waals surface area contributed by atoms with Gasteiger partial charge in [-0.15, -0.1) is 0 Å². The Balaban J connectivity index is 1.46. The zero-order valence-corrected chi connectivity index (χ0v) is 20.3. The average Bonchev–Trinajstić information content (AvgIpc) is 3.37. The van der Waals surface area contributed by atoms with E-state index in [9.17, 15) is 38.1 Å². The molecule has 4 rings (SSSR count). The van der Waals surface area contributed by atoms with Crippen molar-refractivity contribution in [3.63, 3.8) is 0 Å². The highest BCUT2D eigenvalue weighted by Gasteiger charge is 2.40. The van der Waals surface area contributed by atoms with Crippen LogP contribution in [0.2, 0.25) is 0 Å². The van der Waals surface area contributed by atoms with Gasteiger partial charge in [-0.2, -0.15) is 18.4 Å². The quantitative estimate of drug-likeness (QED) is 0.295. The van der Waals surface area contributed by atoms with Gasteiger partial charge in [0, 0.05) is 26.2 Å². The number of carbonyl (C=O) groups excluding carboxylic acids is 2. The molecule has 39 heavy (non-hydrogen) atoms. The van der Waals surface area contributed by atoms with Crippen LogP contribution in [-0.2, 0) is 22.3 Å².